The minimum atomic E-state index is -0.0668. The van der Waals surface area contributed by atoms with Crippen LogP contribution in [0.15, 0.2) is 48.7 Å². The van der Waals surface area contributed by atoms with E-state index in [-0.39, 0.29) is 5.91 Å². The number of nitrogens with zero attached hydrogens (tertiary/aromatic N) is 2. The summed E-state index contributed by atoms with van der Waals surface area (Å²) < 4.78 is 10.3. The number of hydrogen-bond donors (Lipinski definition) is 0. The van der Waals surface area contributed by atoms with Crippen LogP contribution in [0.3, 0.4) is 0 Å². The van der Waals surface area contributed by atoms with Gasteiger partial charge in [-0.25, -0.2) is 4.98 Å². The Morgan fingerprint density at radius 3 is 2.68 bits per heavy atom. The predicted molar refractivity (Wildman–Crippen MR) is 83.8 cm³/mol. The molecule has 2 rings (SSSR count). The molecule has 0 unspecified atom stereocenters. The molecule has 1 amide bonds. The number of amides is 1. The highest BCUT2D eigenvalue weighted by atomic mass is 16.5. The van der Waals surface area contributed by atoms with Gasteiger partial charge in [0.05, 0.1) is 6.61 Å². The van der Waals surface area contributed by atoms with Crippen LogP contribution in [0.1, 0.15) is 15.9 Å². The molecule has 0 radical (unpaired) electrons. The molecule has 0 N–H and O–H groups in total. The van der Waals surface area contributed by atoms with Gasteiger partial charge in [0.2, 0.25) is 5.88 Å². The van der Waals surface area contributed by atoms with Crippen molar-refractivity contribution in [1.82, 2.24) is 9.88 Å². The molecule has 5 nitrogen and oxygen atoms in total. The average molecular weight is 300 g/mol. The number of benzene rings is 1. The van der Waals surface area contributed by atoms with E-state index in [1.54, 1.807) is 37.4 Å². The second kappa shape index (κ2) is 8.14. The van der Waals surface area contributed by atoms with E-state index in [9.17, 15) is 4.79 Å². The number of pyridine rings is 1. The molecule has 116 valence electrons. The molecule has 0 fully saturated rings. The van der Waals surface area contributed by atoms with Crippen LogP contribution in [-0.4, -0.2) is 43.2 Å². The van der Waals surface area contributed by atoms with Crippen molar-refractivity contribution in [3.05, 3.63) is 59.8 Å². The van der Waals surface area contributed by atoms with Crippen LogP contribution in [0, 0.1) is 0 Å². The topological polar surface area (TPSA) is 51.7 Å². The first-order valence-corrected chi connectivity index (χ1v) is 7.08. The van der Waals surface area contributed by atoms with Gasteiger partial charge in [-0.05, 0) is 11.6 Å². The predicted octanol–water partition coefficient (Wildman–Crippen LogP) is 2.38. The third-order valence-electron chi connectivity index (χ3n) is 3.13. The molecule has 0 aliphatic rings. The highest BCUT2D eigenvalue weighted by Gasteiger charge is 2.13. The first-order valence-electron chi connectivity index (χ1n) is 7.08. The van der Waals surface area contributed by atoms with E-state index < -0.39 is 0 Å². The Morgan fingerprint density at radius 2 is 1.95 bits per heavy atom. The Morgan fingerprint density at radius 1 is 1.18 bits per heavy atom. The number of rotatable bonds is 7. The fourth-order valence-corrected chi connectivity index (χ4v) is 2.00. The van der Waals surface area contributed by atoms with Crippen LogP contribution in [0.4, 0.5) is 0 Å². The quantitative estimate of drug-likeness (QED) is 0.737. The molecule has 5 heteroatoms. The maximum Gasteiger partial charge on any atom is 0.254 e. The van der Waals surface area contributed by atoms with Gasteiger partial charge < -0.3 is 14.4 Å². The minimum Gasteiger partial charge on any atom is -0.475 e. The van der Waals surface area contributed by atoms with Crippen molar-refractivity contribution >= 4 is 5.91 Å². The van der Waals surface area contributed by atoms with Gasteiger partial charge in [-0.3, -0.25) is 4.79 Å². The summed E-state index contributed by atoms with van der Waals surface area (Å²) in [6.07, 6.45) is 1.58. The van der Waals surface area contributed by atoms with Crippen molar-refractivity contribution in [2.24, 2.45) is 0 Å². The highest BCUT2D eigenvalue weighted by Crippen LogP contribution is 2.13. The third-order valence-corrected chi connectivity index (χ3v) is 3.13. The van der Waals surface area contributed by atoms with Crippen LogP contribution in [-0.2, 0) is 11.3 Å². The van der Waals surface area contributed by atoms with E-state index in [1.807, 2.05) is 30.3 Å². The normalized spacial score (nSPS) is 10.3. The molecule has 2 aromatic rings. The standard InChI is InChI=1S/C17H20N2O3/c1-19(13-14-6-4-3-5-7-14)17(20)15-8-9-18-16(12-15)22-11-10-21-2/h3-9,12H,10-11,13H2,1-2H3. The second-order valence-corrected chi connectivity index (χ2v) is 4.87. The third kappa shape index (κ3) is 4.56. The van der Waals surface area contributed by atoms with Gasteiger partial charge in [0.15, 0.2) is 0 Å². The van der Waals surface area contributed by atoms with Gasteiger partial charge in [0.25, 0.3) is 5.91 Å². The maximum atomic E-state index is 12.4. The lowest BCUT2D eigenvalue weighted by atomic mass is 10.2. The Kier molecular flexibility index (Phi) is 5.91. The molecule has 0 saturated carbocycles. The van der Waals surface area contributed by atoms with Crippen molar-refractivity contribution in [3.8, 4) is 5.88 Å². The van der Waals surface area contributed by atoms with Crippen molar-refractivity contribution in [2.45, 2.75) is 6.54 Å². The molecular formula is C17H20N2O3. The summed E-state index contributed by atoms with van der Waals surface area (Å²) in [5, 5.41) is 0. The number of hydrogen-bond acceptors (Lipinski definition) is 4. The van der Waals surface area contributed by atoms with Crippen LogP contribution in [0.25, 0.3) is 0 Å². The molecule has 0 bridgehead atoms. The van der Waals surface area contributed by atoms with E-state index in [4.69, 9.17) is 9.47 Å². The van der Waals surface area contributed by atoms with Gasteiger partial charge in [0.1, 0.15) is 6.61 Å². The number of ether oxygens (including phenoxy) is 2. The molecule has 1 aromatic carbocycles. The molecule has 0 saturated heterocycles. The van der Waals surface area contributed by atoms with E-state index in [0.29, 0.717) is 31.2 Å². The highest BCUT2D eigenvalue weighted by molar-refractivity contribution is 5.94. The van der Waals surface area contributed by atoms with Crippen molar-refractivity contribution in [3.63, 3.8) is 0 Å². The lowest BCUT2D eigenvalue weighted by Crippen LogP contribution is -2.26. The van der Waals surface area contributed by atoms with Crippen LogP contribution in [0.2, 0.25) is 0 Å². The van der Waals surface area contributed by atoms with Gasteiger partial charge in [-0.15, -0.1) is 0 Å². The number of carbonyl (C=O) groups excluding carboxylic acids is 1. The largest absolute Gasteiger partial charge is 0.475 e. The van der Waals surface area contributed by atoms with Crippen LogP contribution >= 0.6 is 0 Å². The van der Waals surface area contributed by atoms with Gasteiger partial charge in [0, 0.05) is 38.5 Å². The fourth-order valence-electron chi connectivity index (χ4n) is 2.00. The maximum absolute atomic E-state index is 12.4. The van der Waals surface area contributed by atoms with E-state index in [0.717, 1.165) is 5.56 Å². The zero-order chi connectivity index (χ0) is 15.8. The Balaban J connectivity index is 2.00. The summed E-state index contributed by atoms with van der Waals surface area (Å²) in [5.41, 5.74) is 1.64. The molecule has 1 aromatic heterocycles. The zero-order valence-corrected chi connectivity index (χ0v) is 12.9. The molecule has 22 heavy (non-hydrogen) atoms. The lowest BCUT2D eigenvalue weighted by molar-refractivity contribution is 0.0784. The molecular weight excluding hydrogens is 280 g/mol. The van der Waals surface area contributed by atoms with Crippen LogP contribution in [0.5, 0.6) is 5.88 Å². The van der Waals surface area contributed by atoms with Crippen molar-refractivity contribution in [1.29, 1.82) is 0 Å². The van der Waals surface area contributed by atoms with Gasteiger partial charge >= 0.3 is 0 Å². The van der Waals surface area contributed by atoms with E-state index in [2.05, 4.69) is 4.98 Å². The smallest absolute Gasteiger partial charge is 0.254 e. The molecule has 0 aliphatic carbocycles. The summed E-state index contributed by atoms with van der Waals surface area (Å²) in [6, 6.07) is 13.2. The Labute approximate surface area is 130 Å². The summed E-state index contributed by atoms with van der Waals surface area (Å²) >= 11 is 0. The number of methoxy groups -OCH3 is 1. The second-order valence-electron chi connectivity index (χ2n) is 4.87. The fraction of sp³-hybridized carbons (Fsp3) is 0.294. The van der Waals surface area contributed by atoms with Crippen LogP contribution < -0.4 is 4.74 Å². The first-order chi connectivity index (χ1) is 10.7. The Bertz CT molecular complexity index is 602. The van der Waals surface area contributed by atoms with Gasteiger partial charge in [-0.1, -0.05) is 30.3 Å². The van der Waals surface area contributed by atoms with E-state index >= 15 is 0 Å². The van der Waals surface area contributed by atoms with E-state index in [1.165, 1.54) is 0 Å². The van der Waals surface area contributed by atoms with Crippen molar-refractivity contribution in [2.75, 3.05) is 27.4 Å². The first kappa shape index (κ1) is 16.0. The molecule has 0 spiro atoms. The zero-order valence-electron chi connectivity index (χ0n) is 12.9. The lowest BCUT2D eigenvalue weighted by Gasteiger charge is -2.17. The monoisotopic (exact) mass is 300 g/mol. The summed E-state index contributed by atoms with van der Waals surface area (Å²) in [4.78, 5) is 18.2. The number of carbonyl (C=O) groups is 1. The SMILES string of the molecule is COCCOc1cc(C(=O)N(C)Cc2ccccc2)ccn1. The summed E-state index contributed by atoms with van der Waals surface area (Å²) in [5.74, 6) is 0.360. The van der Waals surface area contributed by atoms with Gasteiger partial charge in [-0.2, -0.15) is 0 Å². The minimum absolute atomic E-state index is 0.0668. The summed E-state index contributed by atoms with van der Waals surface area (Å²) in [6.45, 7) is 1.44. The van der Waals surface area contributed by atoms with Crippen molar-refractivity contribution < 1.29 is 14.3 Å². The average Bonchev–Trinajstić information content (AvgIpc) is 2.55. The Hall–Kier alpha value is -2.40. The molecule has 1 heterocycles. The molecule has 0 atom stereocenters. The molecule has 0 aliphatic heterocycles. The number of aromatic nitrogens is 1. The summed E-state index contributed by atoms with van der Waals surface area (Å²) in [7, 11) is 3.39.